The summed E-state index contributed by atoms with van der Waals surface area (Å²) in [6, 6.07) is 7.86. The highest BCUT2D eigenvalue weighted by Gasteiger charge is 2.12. The average Bonchev–Trinajstić information content (AvgIpc) is 2.86. The van der Waals surface area contributed by atoms with Crippen molar-refractivity contribution in [1.29, 1.82) is 0 Å². The number of thioether (sulfide) groups is 1. The van der Waals surface area contributed by atoms with Crippen molar-refractivity contribution < 1.29 is 9.90 Å². The van der Waals surface area contributed by atoms with Gasteiger partial charge in [0.1, 0.15) is 5.82 Å². The molecule has 0 fully saturated rings. The van der Waals surface area contributed by atoms with Gasteiger partial charge < -0.3 is 15.4 Å². The van der Waals surface area contributed by atoms with E-state index in [1.54, 1.807) is 0 Å². The number of rotatable bonds is 6. The lowest BCUT2D eigenvalue weighted by atomic mass is 10.3. The zero-order valence-corrected chi connectivity index (χ0v) is 11.5. The first-order valence-corrected chi connectivity index (χ1v) is 7.19. The number of amides is 1. The van der Waals surface area contributed by atoms with Gasteiger partial charge in [0.05, 0.1) is 28.6 Å². The van der Waals surface area contributed by atoms with Gasteiger partial charge in [0, 0.05) is 6.54 Å². The van der Waals surface area contributed by atoms with Crippen LogP contribution in [-0.4, -0.2) is 39.9 Å². The van der Waals surface area contributed by atoms with Crippen molar-refractivity contribution in [1.82, 2.24) is 15.3 Å². The van der Waals surface area contributed by atoms with Crippen LogP contribution < -0.4 is 5.32 Å². The molecule has 0 radical (unpaired) electrons. The van der Waals surface area contributed by atoms with E-state index in [0.717, 1.165) is 16.9 Å². The van der Waals surface area contributed by atoms with Crippen molar-refractivity contribution in [2.24, 2.45) is 0 Å². The summed E-state index contributed by atoms with van der Waals surface area (Å²) >= 11 is 1.52. The van der Waals surface area contributed by atoms with Crippen LogP contribution in [-0.2, 0) is 4.79 Å². The molecule has 5 nitrogen and oxygen atoms in total. The van der Waals surface area contributed by atoms with Crippen LogP contribution in [0.4, 0.5) is 0 Å². The number of aromatic amines is 1. The fourth-order valence-electron chi connectivity index (χ4n) is 1.69. The van der Waals surface area contributed by atoms with Crippen LogP contribution in [0, 0.1) is 0 Å². The van der Waals surface area contributed by atoms with Crippen LogP contribution in [0.3, 0.4) is 0 Å². The number of nitrogens with one attached hydrogen (secondary N) is 2. The van der Waals surface area contributed by atoms with Crippen LogP contribution in [0.25, 0.3) is 11.0 Å². The Bertz CT molecular complexity index is 523. The van der Waals surface area contributed by atoms with Gasteiger partial charge in [-0.1, -0.05) is 12.1 Å². The third kappa shape index (κ3) is 3.71. The molecule has 0 bridgehead atoms. The molecule has 3 N–H and O–H groups in total. The van der Waals surface area contributed by atoms with Gasteiger partial charge in [-0.3, -0.25) is 4.79 Å². The van der Waals surface area contributed by atoms with E-state index in [1.165, 1.54) is 11.8 Å². The van der Waals surface area contributed by atoms with Crippen LogP contribution in [0.15, 0.2) is 24.3 Å². The zero-order chi connectivity index (χ0) is 13.7. The predicted molar refractivity (Wildman–Crippen MR) is 77.1 cm³/mol. The van der Waals surface area contributed by atoms with Gasteiger partial charge in [-0.2, -0.15) is 0 Å². The minimum atomic E-state index is -0.0676. The summed E-state index contributed by atoms with van der Waals surface area (Å²) < 4.78 is 0. The maximum absolute atomic E-state index is 11.4. The largest absolute Gasteiger partial charge is 0.395 e. The molecule has 6 heteroatoms. The third-order valence-electron chi connectivity index (χ3n) is 2.69. The number of aromatic nitrogens is 2. The number of H-pyrrole nitrogens is 1. The van der Waals surface area contributed by atoms with E-state index in [-0.39, 0.29) is 17.8 Å². The summed E-state index contributed by atoms with van der Waals surface area (Å²) in [6.07, 6.45) is 0. The van der Waals surface area contributed by atoms with Crippen molar-refractivity contribution >= 4 is 28.7 Å². The highest BCUT2D eigenvalue weighted by atomic mass is 32.2. The number of imidazole rings is 1. The van der Waals surface area contributed by atoms with E-state index in [9.17, 15) is 4.79 Å². The van der Waals surface area contributed by atoms with Crippen molar-refractivity contribution in [2.45, 2.75) is 12.2 Å². The van der Waals surface area contributed by atoms with Gasteiger partial charge >= 0.3 is 0 Å². The van der Waals surface area contributed by atoms with Gasteiger partial charge in [-0.15, -0.1) is 11.8 Å². The first kappa shape index (κ1) is 13.9. The van der Waals surface area contributed by atoms with Gasteiger partial charge in [-0.25, -0.2) is 4.98 Å². The summed E-state index contributed by atoms with van der Waals surface area (Å²) in [5, 5.41) is 11.4. The summed E-state index contributed by atoms with van der Waals surface area (Å²) in [5.74, 6) is 1.17. The highest BCUT2D eigenvalue weighted by Crippen LogP contribution is 2.27. The maximum Gasteiger partial charge on any atom is 0.230 e. The molecule has 1 aromatic carbocycles. The number of aliphatic hydroxyl groups is 1. The second-order valence-corrected chi connectivity index (χ2v) is 5.50. The molecular formula is C13H17N3O2S. The Kier molecular flexibility index (Phi) is 4.81. The van der Waals surface area contributed by atoms with Crippen molar-refractivity contribution in [3.05, 3.63) is 30.1 Å². The number of nitrogens with zero attached hydrogens (tertiary/aromatic N) is 1. The molecule has 1 heterocycles. The van der Waals surface area contributed by atoms with Crippen LogP contribution in [0.1, 0.15) is 18.0 Å². The van der Waals surface area contributed by atoms with Crippen molar-refractivity contribution in [2.75, 3.05) is 18.9 Å². The van der Waals surface area contributed by atoms with E-state index in [4.69, 9.17) is 5.11 Å². The van der Waals surface area contributed by atoms with E-state index in [2.05, 4.69) is 15.3 Å². The van der Waals surface area contributed by atoms with Crippen LogP contribution in [0.5, 0.6) is 0 Å². The lowest BCUT2D eigenvalue weighted by molar-refractivity contribution is -0.118. The first-order valence-electron chi connectivity index (χ1n) is 6.14. The molecular weight excluding hydrogens is 262 g/mol. The quantitative estimate of drug-likeness (QED) is 0.748. The number of carbonyl (C=O) groups excluding carboxylic acids is 1. The SMILES string of the molecule is CC(SCC(=O)NCCO)c1nc2ccccc2[nH]1. The molecule has 0 saturated heterocycles. The Labute approximate surface area is 115 Å². The predicted octanol–water partition coefficient (Wildman–Crippen LogP) is 1.47. The Morgan fingerprint density at radius 1 is 1.53 bits per heavy atom. The lowest BCUT2D eigenvalue weighted by Crippen LogP contribution is -2.28. The molecule has 1 amide bonds. The molecule has 0 saturated carbocycles. The van der Waals surface area contributed by atoms with E-state index in [1.807, 2.05) is 31.2 Å². The molecule has 1 atom stereocenters. The van der Waals surface area contributed by atoms with E-state index < -0.39 is 0 Å². The number of carbonyl (C=O) groups is 1. The Morgan fingerprint density at radius 3 is 3.05 bits per heavy atom. The number of aliphatic hydroxyl groups excluding tert-OH is 1. The normalized spacial score (nSPS) is 12.5. The number of fused-ring (bicyclic) bond motifs is 1. The molecule has 19 heavy (non-hydrogen) atoms. The van der Waals surface area contributed by atoms with E-state index >= 15 is 0 Å². The number of para-hydroxylation sites is 2. The van der Waals surface area contributed by atoms with Gasteiger partial charge in [0.15, 0.2) is 0 Å². The summed E-state index contributed by atoms with van der Waals surface area (Å²) in [7, 11) is 0. The summed E-state index contributed by atoms with van der Waals surface area (Å²) in [5.41, 5.74) is 1.95. The summed E-state index contributed by atoms with van der Waals surface area (Å²) in [4.78, 5) is 19.2. The minimum Gasteiger partial charge on any atom is -0.395 e. The second kappa shape index (κ2) is 6.58. The molecule has 1 unspecified atom stereocenters. The van der Waals surface area contributed by atoms with Crippen LogP contribution >= 0.6 is 11.8 Å². The highest BCUT2D eigenvalue weighted by molar-refractivity contribution is 8.00. The molecule has 2 aromatic rings. The maximum atomic E-state index is 11.4. The Balaban J connectivity index is 1.92. The molecule has 2 rings (SSSR count). The average molecular weight is 279 g/mol. The van der Waals surface area contributed by atoms with Gasteiger partial charge in [0.2, 0.25) is 5.91 Å². The fraction of sp³-hybridized carbons (Fsp3) is 0.385. The topological polar surface area (TPSA) is 78.0 Å². The van der Waals surface area contributed by atoms with Crippen LogP contribution in [0.2, 0.25) is 0 Å². The molecule has 0 aliphatic heterocycles. The molecule has 102 valence electrons. The fourth-order valence-corrected chi connectivity index (χ4v) is 2.46. The zero-order valence-electron chi connectivity index (χ0n) is 10.7. The van der Waals surface area contributed by atoms with E-state index in [0.29, 0.717) is 12.3 Å². The minimum absolute atomic E-state index is 0.0322. The lowest BCUT2D eigenvalue weighted by Gasteiger charge is -2.08. The third-order valence-corrected chi connectivity index (χ3v) is 3.84. The molecule has 1 aromatic heterocycles. The molecule has 0 spiro atoms. The second-order valence-electron chi connectivity index (χ2n) is 4.17. The molecule has 0 aliphatic carbocycles. The monoisotopic (exact) mass is 279 g/mol. The number of hydrogen-bond acceptors (Lipinski definition) is 4. The number of benzene rings is 1. The Hall–Kier alpha value is -1.53. The summed E-state index contributed by atoms with van der Waals surface area (Å²) in [6.45, 7) is 2.29. The Morgan fingerprint density at radius 2 is 2.32 bits per heavy atom. The smallest absolute Gasteiger partial charge is 0.230 e. The van der Waals surface area contributed by atoms with Crippen molar-refractivity contribution in [3.8, 4) is 0 Å². The molecule has 0 aliphatic rings. The standard InChI is InChI=1S/C13H17N3O2S/c1-9(19-8-12(18)14-6-7-17)13-15-10-4-2-3-5-11(10)16-13/h2-5,9,17H,6-8H2,1H3,(H,14,18)(H,15,16). The van der Waals surface area contributed by atoms with Gasteiger partial charge in [-0.05, 0) is 19.1 Å². The number of hydrogen-bond donors (Lipinski definition) is 3. The first-order chi connectivity index (χ1) is 9.20. The van der Waals surface area contributed by atoms with Crippen molar-refractivity contribution in [3.63, 3.8) is 0 Å². The van der Waals surface area contributed by atoms with Gasteiger partial charge in [0.25, 0.3) is 0 Å².